The third-order valence-electron chi connectivity index (χ3n) is 4.60. The molecule has 0 aliphatic carbocycles. The van der Waals surface area contributed by atoms with Crippen molar-refractivity contribution in [2.75, 3.05) is 22.8 Å². The van der Waals surface area contributed by atoms with Gasteiger partial charge in [0.05, 0.1) is 11.4 Å². The lowest BCUT2D eigenvalue weighted by molar-refractivity contribution is -0.118. The van der Waals surface area contributed by atoms with Crippen molar-refractivity contribution < 1.29 is 13.2 Å². The second-order valence-electron chi connectivity index (χ2n) is 6.37. The van der Waals surface area contributed by atoms with Crippen molar-refractivity contribution in [3.63, 3.8) is 0 Å². The van der Waals surface area contributed by atoms with E-state index >= 15 is 0 Å². The van der Waals surface area contributed by atoms with Gasteiger partial charge in [-0.3, -0.25) is 9.10 Å². The quantitative estimate of drug-likeness (QED) is 0.730. The first-order valence-electron chi connectivity index (χ1n) is 8.44. The lowest BCUT2D eigenvalue weighted by Gasteiger charge is -2.25. The molecule has 1 aliphatic rings. The number of sulfonamides is 1. The maximum atomic E-state index is 13.4. The van der Waals surface area contributed by atoms with Crippen molar-refractivity contribution in [1.29, 1.82) is 0 Å². The first-order valence-corrected chi connectivity index (χ1v) is 10.7. The van der Waals surface area contributed by atoms with Crippen LogP contribution >= 0.6 is 15.9 Å². The molecule has 1 heterocycles. The van der Waals surface area contributed by atoms with Gasteiger partial charge in [-0.1, -0.05) is 35.0 Å². The van der Waals surface area contributed by atoms with Gasteiger partial charge in [0.2, 0.25) is 5.91 Å². The first kappa shape index (κ1) is 18.9. The van der Waals surface area contributed by atoms with Crippen LogP contribution in [0, 0.1) is 6.92 Å². The summed E-state index contributed by atoms with van der Waals surface area (Å²) in [7, 11) is -2.28. The molecule has 0 atom stereocenters. The Balaban J connectivity index is 2.16. The Morgan fingerprint density at radius 3 is 2.65 bits per heavy atom. The van der Waals surface area contributed by atoms with E-state index in [0.29, 0.717) is 35.2 Å². The highest BCUT2D eigenvalue weighted by Gasteiger charge is 2.34. The van der Waals surface area contributed by atoms with Crippen LogP contribution < -0.4 is 9.21 Å². The van der Waals surface area contributed by atoms with E-state index in [2.05, 4.69) is 15.9 Å². The standard InChI is InChI=1S/C19H21BrN2O3S/c1-4-18(23)22-9-8-14-11-15(20)12-17(19(14)22)26(24,25)21(3)16-7-5-6-13(2)10-16/h5-7,10-12H,4,8-9H2,1-3H3. The second-order valence-corrected chi connectivity index (χ2v) is 9.23. The number of carbonyl (C=O) groups excluding carboxylic acids is 1. The van der Waals surface area contributed by atoms with Gasteiger partial charge < -0.3 is 4.90 Å². The van der Waals surface area contributed by atoms with Crippen LogP contribution in [0.3, 0.4) is 0 Å². The fraction of sp³-hybridized carbons (Fsp3) is 0.316. The number of amides is 1. The molecule has 0 N–H and O–H groups in total. The van der Waals surface area contributed by atoms with Gasteiger partial charge in [0.15, 0.2) is 0 Å². The summed E-state index contributed by atoms with van der Waals surface area (Å²) in [6.07, 6.45) is 0.986. The van der Waals surface area contributed by atoms with E-state index in [1.54, 1.807) is 31.0 Å². The van der Waals surface area contributed by atoms with Crippen LogP contribution in [0.4, 0.5) is 11.4 Å². The van der Waals surface area contributed by atoms with Crippen LogP contribution in [0.15, 0.2) is 45.8 Å². The summed E-state index contributed by atoms with van der Waals surface area (Å²) in [5.41, 5.74) is 2.95. The molecule has 1 aliphatic heterocycles. The monoisotopic (exact) mass is 436 g/mol. The van der Waals surface area contributed by atoms with Crippen molar-refractivity contribution in [3.8, 4) is 0 Å². The predicted octanol–water partition coefficient (Wildman–Crippen LogP) is 3.88. The van der Waals surface area contributed by atoms with Gasteiger partial charge in [0.25, 0.3) is 10.0 Å². The highest BCUT2D eigenvalue weighted by Crippen LogP contribution is 2.39. The topological polar surface area (TPSA) is 57.7 Å². The largest absolute Gasteiger partial charge is 0.310 e. The van der Waals surface area contributed by atoms with E-state index < -0.39 is 10.0 Å². The summed E-state index contributed by atoms with van der Waals surface area (Å²) >= 11 is 3.41. The third kappa shape index (κ3) is 3.25. The summed E-state index contributed by atoms with van der Waals surface area (Å²) in [6.45, 7) is 4.21. The molecule has 0 bridgehead atoms. The summed E-state index contributed by atoms with van der Waals surface area (Å²) < 4.78 is 28.7. The normalized spacial score (nSPS) is 13.6. The molecule has 26 heavy (non-hydrogen) atoms. The molecule has 3 rings (SSSR count). The van der Waals surface area contributed by atoms with Crippen molar-refractivity contribution in [2.45, 2.75) is 31.6 Å². The number of rotatable bonds is 4. The smallest absolute Gasteiger partial charge is 0.266 e. The number of aryl methyl sites for hydroxylation is 1. The molecular weight excluding hydrogens is 416 g/mol. The maximum absolute atomic E-state index is 13.4. The summed E-state index contributed by atoms with van der Waals surface area (Å²) in [6, 6.07) is 10.8. The van der Waals surface area contributed by atoms with Gasteiger partial charge in [-0.05, 0) is 48.7 Å². The third-order valence-corrected chi connectivity index (χ3v) is 6.86. The van der Waals surface area contributed by atoms with Crippen LogP contribution in [-0.2, 0) is 21.2 Å². The number of carbonyl (C=O) groups is 1. The van der Waals surface area contributed by atoms with Crippen LogP contribution in [-0.4, -0.2) is 27.9 Å². The molecule has 2 aromatic rings. The van der Waals surface area contributed by atoms with Gasteiger partial charge in [0, 0.05) is 24.5 Å². The SMILES string of the molecule is CCC(=O)N1CCc2cc(Br)cc(S(=O)(=O)N(C)c3cccc(C)c3)c21. The van der Waals surface area contributed by atoms with E-state index in [1.165, 1.54) is 4.31 Å². The van der Waals surface area contributed by atoms with Crippen molar-refractivity contribution in [1.82, 2.24) is 0 Å². The molecule has 1 amide bonds. The lowest BCUT2D eigenvalue weighted by Crippen LogP contribution is -2.32. The molecule has 0 saturated carbocycles. The van der Waals surface area contributed by atoms with Crippen molar-refractivity contribution >= 4 is 43.2 Å². The molecule has 2 aromatic carbocycles. The molecule has 0 saturated heterocycles. The van der Waals surface area contributed by atoms with E-state index in [4.69, 9.17) is 0 Å². The summed E-state index contributed by atoms with van der Waals surface area (Å²) in [5, 5.41) is 0. The van der Waals surface area contributed by atoms with Gasteiger partial charge in [-0.2, -0.15) is 0 Å². The summed E-state index contributed by atoms with van der Waals surface area (Å²) in [4.78, 5) is 14.1. The van der Waals surface area contributed by atoms with E-state index in [0.717, 1.165) is 11.1 Å². The molecule has 5 nitrogen and oxygen atoms in total. The number of nitrogens with zero attached hydrogens (tertiary/aromatic N) is 2. The number of hydrogen-bond acceptors (Lipinski definition) is 3. The van der Waals surface area contributed by atoms with E-state index in [-0.39, 0.29) is 10.8 Å². The predicted molar refractivity (Wildman–Crippen MR) is 107 cm³/mol. The number of benzene rings is 2. The van der Waals surface area contributed by atoms with Crippen LogP contribution in [0.5, 0.6) is 0 Å². The fourth-order valence-electron chi connectivity index (χ4n) is 3.22. The van der Waals surface area contributed by atoms with Gasteiger partial charge >= 0.3 is 0 Å². The molecule has 0 spiro atoms. The van der Waals surface area contributed by atoms with Crippen molar-refractivity contribution in [3.05, 3.63) is 52.0 Å². The van der Waals surface area contributed by atoms with Gasteiger partial charge in [0.1, 0.15) is 4.90 Å². The number of halogens is 1. The zero-order valence-corrected chi connectivity index (χ0v) is 17.4. The zero-order chi connectivity index (χ0) is 19.1. The lowest BCUT2D eigenvalue weighted by atomic mass is 10.2. The fourth-order valence-corrected chi connectivity index (χ4v) is 5.32. The Morgan fingerprint density at radius 2 is 2.00 bits per heavy atom. The zero-order valence-electron chi connectivity index (χ0n) is 15.0. The Hall–Kier alpha value is -1.86. The molecule has 0 fully saturated rings. The second kappa shape index (κ2) is 7.04. The molecule has 0 aromatic heterocycles. The molecule has 0 radical (unpaired) electrons. The van der Waals surface area contributed by atoms with Gasteiger partial charge in [-0.25, -0.2) is 8.42 Å². The Kier molecular flexibility index (Phi) is 5.12. The highest BCUT2D eigenvalue weighted by molar-refractivity contribution is 9.10. The van der Waals surface area contributed by atoms with Crippen molar-refractivity contribution in [2.24, 2.45) is 0 Å². The number of fused-ring (bicyclic) bond motifs is 1. The van der Waals surface area contributed by atoms with Crippen LogP contribution in [0.1, 0.15) is 24.5 Å². The minimum Gasteiger partial charge on any atom is -0.310 e. The van der Waals surface area contributed by atoms with Gasteiger partial charge in [-0.15, -0.1) is 0 Å². The number of hydrogen-bond donors (Lipinski definition) is 0. The van der Waals surface area contributed by atoms with Crippen LogP contribution in [0.25, 0.3) is 0 Å². The first-order chi connectivity index (χ1) is 12.3. The molecular formula is C19H21BrN2O3S. The minimum absolute atomic E-state index is 0.0688. The Bertz CT molecular complexity index is 973. The van der Waals surface area contributed by atoms with Crippen LogP contribution in [0.2, 0.25) is 0 Å². The summed E-state index contributed by atoms with van der Waals surface area (Å²) in [5.74, 6) is -0.0688. The average Bonchev–Trinajstić information content (AvgIpc) is 3.03. The number of anilines is 2. The Labute approximate surface area is 162 Å². The molecule has 0 unspecified atom stereocenters. The van der Waals surface area contributed by atoms with E-state index in [1.807, 2.05) is 31.2 Å². The molecule has 138 valence electrons. The Morgan fingerprint density at radius 1 is 1.27 bits per heavy atom. The molecule has 7 heteroatoms. The highest BCUT2D eigenvalue weighted by atomic mass is 79.9. The minimum atomic E-state index is -3.82. The average molecular weight is 437 g/mol. The maximum Gasteiger partial charge on any atom is 0.266 e. The van der Waals surface area contributed by atoms with E-state index in [9.17, 15) is 13.2 Å².